The number of thioether (sulfide) groups is 1. The highest BCUT2D eigenvalue weighted by molar-refractivity contribution is 7.98. The number of halogens is 1. The van der Waals surface area contributed by atoms with Gasteiger partial charge in [0.05, 0.1) is 28.7 Å². The zero-order chi connectivity index (χ0) is 19.5. The Morgan fingerprint density at radius 2 is 2.00 bits per heavy atom. The van der Waals surface area contributed by atoms with Gasteiger partial charge in [-0.2, -0.15) is 0 Å². The van der Waals surface area contributed by atoms with Crippen molar-refractivity contribution in [2.45, 2.75) is 10.9 Å². The van der Waals surface area contributed by atoms with E-state index >= 15 is 0 Å². The van der Waals surface area contributed by atoms with Gasteiger partial charge in [-0.05, 0) is 42.0 Å². The zero-order valence-electron chi connectivity index (χ0n) is 15.0. The molecule has 0 aliphatic heterocycles. The maximum Gasteiger partial charge on any atom is 0.266 e. The van der Waals surface area contributed by atoms with Gasteiger partial charge in [-0.1, -0.05) is 41.6 Å². The van der Waals surface area contributed by atoms with E-state index in [9.17, 15) is 4.79 Å². The third-order valence-electron chi connectivity index (χ3n) is 4.23. The highest BCUT2D eigenvalue weighted by Gasteiger charge is 2.15. The standard InChI is InChI=1S/C21H16ClN3O2S/c1-27-19-9-8-15(11-17(19)22)25-20(26)16-6-2-3-7-18(16)24-21(25)28-13-14-5-4-10-23-12-14/h2-12H,13H2,1H3. The first-order valence-corrected chi connectivity index (χ1v) is 9.91. The Morgan fingerprint density at radius 3 is 2.75 bits per heavy atom. The molecule has 5 nitrogen and oxygen atoms in total. The molecule has 0 radical (unpaired) electrons. The Balaban J connectivity index is 1.86. The summed E-state index contributed by atoms with van der Waals surface area (Å²) >= 11 is 7.78. The van der Waals surface area contributed by atoms with Gasteiger partial charge in [-0.3, -0.25) is 14.3 Å². The lowest BCUT2D eigenvalue weighted by molar-refractivity contribution is 0.415. The SMILES string of the molecule is COc1ccc(-n2c(SCc3cccnc3)nc3ccccc3c2=O)cc1Cl. The third kappa shape index (κ3) is 3.61. The molecule has 0 atom stereocenters. The Morgan fingerprint density at radius 1 is 1.14 bits per heavy atom. The van der Waals surface area contributed by atoms with E-state index in [1.807, 2.05) is 30.3 Å². The van der Waals surface area contributed by atoms with Crippen LogP contribution in [0.3, 0.4) is 0 Å². The van der Waals surface area contributed by atoms with Gasteiger partial charge in [0.15, 0.2) is 5.16 Å². The number of pyridine rings is 1. The molecule has 0 bridgehead atoms. The second kappa shape index (κ2) is 8.04. The van der Waals surface area contributed by atoms with E-state index in [-0.39, 0.29) is 5.56 Å². The van der Waals surface area contributed by atoms with E-state index in [0.29, 0.717) is 38.3 Å². The fraction of sp³-hybridized carbons (Fsp3) is 0.0952. The molecule has 4 aromatic rings. The van der Waals surface area contributed by atoms with Crippen LogP contribution in [0.1, 0.15) is 5.56 Å². The number of nitrogens with zero attached hydrogens (tertiary/aromatic N) is 3. The molecule has 0 aliphatic carbocycles. The Hall–Kier alpha value is -2.83. The summed E-state index contributed by atoms with van der Waals surface area (Å²) in [6.45, 7) is 0. The van der Waals surface area contributed by atoms with Gasteiger partial charge in [-0.15, -0.1) is 0 Å². The fourth-order valence-corrected chi connectivity index (χ4v) is 4.06. The van der Waals surface area contributed by atoms with Crippen LogP contribution in [-0.4, -0.2) is 21.6 Å². The number of aromatic nitrogens is 3. The maximum absolute atomic E-state index is 13.2. The summed E-state index contributed by atoms with van der Waals surface area (Å²) in [6.07, 6.45) is 3.54. The minimum absolute atomic E-state index is 0.138. The molecule has 2 aromatic carbocycles. The third-order valence-corrected chi connectivity index (χ3v) is 5.53. The number of hydrogen-bond acceptors (Lipinski definition) is 5. The average molecular weight is 410 g/mol. The van der Waals surface area contributed by atoms with E-state index in [1.165, 1.54) is 11.8 Å². The molecule has 2 heterocycles. The highest BCUT2D eigenvalue weighted by atomic mass is 35.5. The predicted molar refractivity (Wildman–Crippen MR) is 113 cm³/mol. The molecule has 0 saturated carbocycles. The van der Waals surface area contributed by atoms with Crippen molar-refractivity contribution in [3.63, 3.8) is 0 Å². The number of para-hydroxylation sites is 1. The topological polar surface area (TPSA) is 57.0 Å². The molecule has 0 fully saturated rings. The van der Waals surface area contributed by atoms with Crippen LogP contribution in [0.2, 0.25) is 5.02 Å². The summed E-state index contributed by atoms with van der Waals surface area (Å²) in [5, 5.41) is 1.58. The van der Waals surface area contributed by atoms with Gasteiger partial charge in [0, 0.05) is 18.1 Å². The quantitative estimate of drug-likeness (QED) is 0.352. The number of ether oxygens (including phenoxy) is 1. The van der Waals surface area contributed by atoms with Crippen LogP contribution in [0.4, 0.5) is 0 Å². The van der Waals surface area contributed by atoms with Crippen molar-refractivity contribution in [2.24, 2.45) is 0 Å². The van der Waals surface area contributed by atoms with Gasteiger partial charge in [-0.25, -0.2) is 4.98 Å². The van der Waals surface area contributed by atoms with Crippen molar-refractivity contribution in [3.05, 3.63) is 87.9 Å². The van der Waals surface area contributed by atoms with E-state index in [1.54, 1.807) is 48.3 Å². The summed E-state index contributed by atoms with van der Waals surface area (Å²) in [5.41, 5.74) is 2.22. The summed E-state index contributed by atoms with van der Waals surface area (Å²) in [7, 11) is 1.56. The van der Waals surface area contributed by atoms with Gasteiger partial charge in [0.25, 0.3) is 5.56 Å². The number of methoxy groups -OCH3 is 1. The molecule has 0 unspecified atom stereocenters. The first kappa shape index (κ1) is 18.5. The van der Waals surface area contributed by atoms with Crippen LogP contribution in [0.15, 0.2) is 76.9 Å². The molecule has 0 spiro atoms. The first-order chi connectivity index (χ1) is 13.7. The lowest BCUT2D eigenvalue weighted by atomic mass is 10.2. The minimum Gasteiger partial charge on any atom is -0.495 e. The molecule has 0 saturated heterocycles. The minimum atomic E-state index is -0.138. The molecule has 0 N–H and O–H groups in total. The average Bonchev–Trinajstić information content (AvgIpc) is 2.73. The molecule has 0 amide bonds. The molecular weight excluding hydrogens is 394 g/mol. The lowest BCUT2D eigenvalue weighted by Gasteiger charge is -2.14. The van der Waals surface area contributed by atoms with Crippen LogP contribution >= 0.6 is 23.4 Å². The number of hydrogen-bond donors (Lipinski definition) is 0. The second-order valence-corrected chi connectivity index (χ2v) is 7.37. The van der Waals surface area contributed by atoms with Crippen LogP contribution < -0.4 is 10.3 Å². The van der Waals surface area contributed by atoms with E-state index in [0.717, 1.165) is 5.56 Å². The smallest absolute Gasteiger partial charge is 0.266 e. The summed E-state index contributed by atoms with van der Waals surface area (Å²) in [4.78, 5) is 22.1. The van der Waals surface area contributed by atoms with Crippen molar-refractivity contribution >= 4 is 34.3 Å². The summed E-state index contributed by atoms with van der Waals surface area (Å²) in [6, 6.07) is 16.5. The number of benzene rings is 2. The van der Waals surface area contributed by atoms with Gasteiger partial charge in [0.1, 0.15) is 5.75 Å². The molecule has 28 heavy (non-hydrogen) atoms. The normalized spacial score (nSPS) is 10.9. The van der Waals surface area contributed by atoms with Crippen molar-refractivity contribution in [3.8, 4) is 11.4 Å². The highest BCUT2D eigenvalue weighted by Crippen LogP contribution is 2.29. The molecule has 140 valence electrons. The van der Waals surface area contributed by atoms with E-state index in [2.05, 4.69) is 4.98 Å². The van der Waals surface area contributed by atoms with Crippen LogP contribution in [0, 0.1) is 0 Å². The predicted octanol–water partition coefficient (Wildman–Crippen LogP) is 4.74. The van der Waals surface area contributed by atoms with Crippen molar-refractivity contribution in [1.82, 2.24) is 14.5 Å². The zero-order valence-corrected chi connectivity index (χ0v) is 16.6. The van der Waals surface area contributed by atoms with Gasteiger partial charge >= 0.3 is 0 Å². The Labute approximate surface area is 171 Å². The fourth-order valence-electron chi connectivity index (χ4n) is 2.86. The maximum atomic E-state index is 13.2. The monoisotopic (exact) mass is 409 g/mol. The van der Waals surface area contributed by atoms with Crippen LogP contribution in [0.25, 0.3) is 16.6 Å². The lowest BCUT2D eigenvalue weighted by Crippen LogP contribution is -2.21. The summed E-state index contributed by atoms with van der Waals surface area (Å²) < 4.78 is 6.82. The number of rotatable bonds is 5. The van der Waals surface area contributed by atoms with Crippen LogP contribution in [-0.2, 0) is 5.75 Å². The molecule has 2 aromatic heterocycles. The van der Waals surface area contributed by atoms with Gasteiger partial charge < -0.3 is 4.74 Å². The van der Waals surface area contributed by atoms with Crippen LogP contribution in [0.5, 0.6) is 5.75 Å². The van der Waals surface area contributed by atoms with Crippen molar-refractivity contribution < 1.29 is 4.74 Å². The van der Waals surface area contributed by atoms with Crippen molar-refractivity contribution in [2.75, 3.05) is 7.11 Å². The second-order valence-electron chi connectivity index (χ2n) is 6.02. The van der Waals surface area contributed by atoms with E-state index < -0.39 is 0 Å². The first-order valence-electron chi connectivity index (χ1n) is 8.55. The molecule has 7 heteroatoms. The van der Waals surface area contributed by atoms with E-state index in [4.69, 9.17) is 21.3 Å². The largest absolute Gasteiger partial charge is 0.495 e. The molecule has 4 rings (SSSR count). The van der Waals surface area contributed by atoms with Gasteiger partial charge in [0.2, 0.25) is 0 Å². The molecular formula is C21H16ClN3O2S. The number of fused-ring (bicyclic) bond motifs is 1. The Bertz CT molecular complexity index is 1200. The summed E-state index contributed by atoms with van der Waals surface area (Å²) in [5.74, 6) is 1.19. The Kier molecular flexibility index (Phi) is 5.32. The van der Waals surface area contributed by atoms with Crippen molar-refractivity contribution in [1.29, 1.82) is 0 Å². The molecule has 0 aliphatic rings.